The highest BCUT2D eigenvalue weighted by atomic mass is 32.2. The van der Waals surface area contributed by atoms with Gasteiger partial charge in [0.05, 0.1) is 5.56 Å². The molecule has 0 aliphatic carbocycles. The largest absolute Gasteiger partial charge is 0.403 e. The van der Waals surface area contributed by atoms with Crippen LogP contribution in [-0.4, -0.2) is 21.9 Å². The minimum absolute atomic E-state index is 0.0319. The molecule has 24 heavy (non-hydrogen) atoms. The molecule has 0 aliphatic rings. The second-order valence-electron chi connectivity index (χ2n) is 4.81. The number of thioether (sulfide) groups is 1. The maximum atomic E-state index is 13.2. The summed E-state index contributed by atoms with van der Waals surface area (Å²) in [6.07, 6.45) is 0. The van der Waals surface area contributed by atoms with Gasteiger partial charge in [-0.05, 0) is 36.1 Å². The van der Waals surface area contributed by atoms with Gasteiger partial charge in [-0.1, -0.05) is 30.2 Å². The molecular weight excluding hydrogens is 329 g/mol. The van der Waals surface area contributed by atoms with Crippen LogP contribution in [0.3, 0.4) is 0 Å². The van der Waals surface area contributed by atoms with Crippen molar-refractivity contribution in [1.29, 1.82) is 0 Å². The summed E-state index contributed by atoms with van der Waals surface area (Å²) >= 11 is 1.58. The predicted molar refractivity (Wildman–Crippen MR) is 90.5 cm³/mol. The van der Waals surface area contributed by atoms with E-state index in [1.807, 2.05) is 19.1 Å². The van der Waals surface area contributed by atoms with Crippen molar-refractivity contribution in [3.05, 3.63) is 59.9 Å². The van der Waals surface area contributed by atoms with Crippen molar-refractivity contribution in [1.82, 2.24) is 10.2 Å². The highest BCUT2D eigenvalue weighted by Crippen LogP contribution is 2.24. The van der Waals surface area contributed by atoms with E-state index in [0.29, 0.717) is 11.1 Å². The third kappa shape index (κ3) is 3.62. The van der Waals surface area contributed by atoms with Gasteiger partial charge >= 0.3 is 6.01 Å². The highest BCUT2D eigenvalue weighted by Gasteiger charge is 2.15. The molecule has 0 aliphatic heterocycles. The Balaban J connectivity index is 1.79. The first-order valence-electron chi connectivity index (χ1n) is 7.30. The van der Waals surface area contributed by atoms with Crippen LogP contribution >= 0.6 is 11.8 Å². The van der Waals surface area contributed by atoms with Gasteiger partial charge in [0.2, 0.25) is 5.89 Å². The molecule has 1 amide bonds. The van der Waals surface area contributed by atoms with Crippen LogP contribution in [0.4, 0.5) is 10.4 Å². The molecule has 0 unspecified atom stereocenters. The molecule has 3 rings (SSSR count). The van der Waals surface area contributed by atoms with Crippen LogP contribution in [0.25, 0.3) is 11.5 Å². The van der Waals surface area contributed by atoms with Crippen molar-refractivity contribution in [3.63, 3.8) is 0 Å². The van der Waals surface area contributed by atoms with Gasteiger partial charge in [0.15, 0.2) is 0 Å². The van der Waals surface area contributed by atoms with Gasteiger partial charge in [0.1, 0.15) is 5.82 Å². The second-order valence-corrected chi connectivity index (χ2v) is 6.11. The molecule has 2 aromatic carbocycles. The summed E-state index contributed by atoms with van der Waals surface area (Å²) in [6, 6.07) is 13.1. The number of hydrogen-bond acceptors (Lipinski definition) is 5. The quantitative estimate of drug-likeness (QED) is 0.702. The Hall–Kier alpha value is -2.67. The van der Waals surface area contributed by atoms with Crippen molar-refractivity contribution in [3.8, 4) is 11.5 Å². The molecule has 0 bridgehead atoms. The normalized spacial score (nSPS) is 10.6. The zero-order chi connectivity index (χ0) is 16.9. The van der Waals surface area contributed by atoms with Crippen LogP contribution in [0, 0.1) is 5.82 Å². The van der Waals surface area contributed by atoms with Crippen molar-refractivity contribution >= 4 is 23.7 Å². The van der Waals surface area contributed by atoms with Crippen LogP contribution < -0.4 is 5.32 Å². The van der Waals surface area contributed by atoms with Crippen molar-refractivity contribution in [2.75, 3.05) is 11.1 Å². The fourth-order valence-electron chi connectivity index (χ4n) is 2.11. The summed E-state index contributed by atoms with van der Waals surface area (Å²) < 4.78 is 18.6. The molecule has 5 nitrogen and oxygen atoms in total. The van der Waals surface area contributed by atoms with E-state index in [1.54, 1.807) is 36.0 Å². The number of rotatable bonds is 5. The molecule has 0 saturated carbocycles. The van der Waals surface area contributed by atoms with Crippen molar-refractivity contribution < 1.29 is 13.6 Å². The zero-order valence-electron chi connectivity index (χ0n) is 12.8. The number of aromatic nitrogens is 2. The number of nitrogens with zero attached hydrogens (tertiary/aromatic N) is 2. The molecule has 0 fully saturated rings. The summed E-state index contributed by atoms with van der Waals surface area (Å²) in [5, 5.41) is 10.2. The van der Waals surface area contributed by atoms with E-state index in [4.69, 9.17) is 4.42 Å². The number of nitrogens with one attached hydrogen (secondary N) is 1. The Morgan fingerprint density at radius 3 is 2.83 bits per heavy atom. The number of carbonyl (C=O) groups excluding carboxylic acids is 1. The maximum absolute atomic E-state index is 13.2. The minimum atomic E-state index is -0.401. The SMILES string of the molecule is CCSc1ccccc1C(=O)Nc1nnc(-c2cccc(F)c2)o1. The average molecular weight is 343 g/mol. The van der Waals surface area contributed by atoms with Crippen LogP contribution in [-0.2, 0) is 0 Å². The van der Waals surface area contributed by atoms with Gasteiger partial charge in [-0.15, -0.1) is 16.9 Å². The zero-order valence-corrected chi connectivity index (χ0v) is 13.6. The van der Waals surface area contributed by atoms with Gasteiger partial charge in [-0.2, -0.15) is 0 Å². The molecule has 1 N–H and O–H groups in total. The van der Waals surface area contributed by atoms with Crippen LogP contribution in [0.2, 0.25) is 0 Å². The van der Waals surface area contributed by atoms with Gasteiger partial charge in [-0.25, -0.2) is 4.39 Å². The molecule has 7 heteroatoms. The molecule has 0 saturated heterocycles. The lowest BCUT2D eigenvalue weighted by atomic mass is 10.2. The van der Waals surface area contributed by atoms with Crippen molar-refractivity contribution in [2.45, 2.75) is 11.8 Å². The van der Waals surface area contributed by atoms with Crippen LogP contribution in [0.15, 0.2) is 57.8 Å². The van der Waals surface area contributed by atoms with Crippen LogP contribution in [0.1, 0.15) is 17.3 Å². The average Bonchev–Trinajstić information content (AvgIpc) is 3.04. The van der Waals surface area contributed by atoms with Gasteiger partial charge < -0.3 is 4.42 Å². The highest BCUT2D eigenvalue weighted by molar-refractivity contribution is 7.99. The number of amides is 1. The molecule has 0 radical (unpaired) electrons. The molecule has 1 aromatic heterocycles. The first kappa shape index (κ1) is 16.2. The standard InChI is InChI=1S/C17H14FN3O2S/c1-2-24-14-9-4-3-8-13(14)15(22)19-17-21-20-16(23-17)11-6-5-7-12(18)10-11/h3-10H,2H2,1H3,(H,19,21,22). The monoisotopic (exact) mass is 343 g/mol. The Morgan fingerprint density at radius 1 is 1.21 bits per heavy atom. The number of hydrogen-bond donors (Lipinski definition) is 1. The first-order valence-corrected chi connectivity index (χ1v) is 8.28. The summed E-state index contributed by atoms with van der Waals surface area (Å²) in [5.74, 6) is 0.262. The maximum Gasteiger partial charge on any atom is 0.322 e. The molecule has 1 heterocycles. The summed E-state index contributed by atoms with van der Waals surface area (Å²) in [7, 11) is 0. The Labute approximate surface area is 142 Å². The fourth-order valence-corrected chi connectivity index (χ4v) is 2.91. The number of carbonyl (C=O) groups is 1. The van der Waals surface area contributed by atoms with E-state index in [-0.39, 0.29) is 17.8 Å². The predicted octanol–water partition coefficient (Wildman–Crippen LogP) is 4.24. The Kier molecular flexibility index (Phi) is 4.90. The lowest BCUT2D eigenvalue weighted by molar-refractivity contribution is 0.102. The lowest BCUT2D eigenvalue weighted by Crippen LogP contribution is -2.13. The summed E-state index contributed by atoms with van der Waals surface area (Å²) in [4.78, 5) is 13.3. The number of anilines is 1. The summed E-state index contributed by atoms with van der Waals surface area (Å²) in [5.41, 5.74) is 0.986. The van der Waals surface area contributed by atoms with E-state index < -0.39 is 5.82 Å². The fraction of sp³-hybridized carbons (Fsp3) is 0.118. The smallest absolute Gasteiger partial charge is 0.322 e. The molecule has 122 valence electrons. The topological polar surface area (TPSA) is 68.0 Å². The molecule has 0 atom stereocenters. The third-order valence-electron chi connectivity index (χ3n) is 3.15. The minimum Gasteiger partial charge on any atom is -0.403 e. The molecule has 3 aromatic rings. The van der Waals surface area contributed by atoms with E-state index in [2.05, 4.69) is 15.5 Å². The van der Waals surface area contributed by atoms with Gasteiger partial charge in [0, 0.05) is 10.5 Å². The van der Waals surface area contributed by atoms with E-state index in [1.165, 1.54) is 12.1 Å². The van der Waals surface area contributed by atoms with E-state index >= 15 is 0 Å². The van der Waals surface area contributed by atoms with E-state index in [0.717, 1.165) is 10.6 Å². The third-order valence-corrected chi connectivity index (χ3v) is 4.10. The van der Waals surface area contributed by atoms with Crippen molar-refractivity contribution in [2.24, 2.45) is 0 Å². The van der Waals surface area contributed by atoms with Gasteiger partial charge in [0.25, 0.3) is 5.91 Å². The molecular formula is C17H14FN3O2S. The lowest BCUT2D eigenvalue weighted by Gasteiger charge is -2.06. The van der Waals surface area contributed by atoms with Crippen LogP contribution in [0.5, 0.6) is 0 Å². The first-order chi connectivity index (χ1) is 11.7. The summed E-state index contributed by atoms with van der Waals surface area (Å²) in [6.45, 7) is 2.02. The Bertz CT molecular complexity index is 866. The second kappa shape index (κ2) is 7.27. The number of halogens is 1. The Morgan fingerprint density at radius 2 is 2.04 bits per heavy atom. The van der Waals surface area contributed by atoms with Gasteiger partial charge in [-0.3, -0.25) is 10.1 Å². The molecule has 0 spiro atoms. The van der Waals surface area contributed by atoms with E-state index in [9.17, 15) is 9.18 Å². The number of benzene rings is 2.